The van der Waals surface area contributed by atoms with Gasteiger partial charge in [0, 0.05) is 5.69 Å². The number of benzene rings is 2. The lowest BCUT2D eigenvalue weighted by atomic mass is 10.1. The van der Waals surface area contributed by atoms with E-state index in [-0.39, 0.29) is 16.8 Å². The van der Waals surface area contributed by atoms with Crippen molar-refractivity contribution in [2.45, 2.75) is 6.18 Å². The number of ether oxygens (including phenoxy) is 2. The highest BCUT2D eigenvalue weighted by Gasteiger charge is 2.31. The first-order valence-electron chi connectivity index (χ1n) is 7.74. The van der Waals surface area contributed by atoms with Crippen molar-refractivity contribution in [3.8, 4) is 0 Å². The van der Waals surface area contributed by atoms with Crippen molar-refractivity contribution >= 4 is 29.2 Å². The Balaban J connectivity index is 2.02. The van der Waals surface area contributed by atoms with E-state index in [1.165, 1.54) is 19.2 Å². The number of carbonyl (C=O) groups is 3. The molecule has 0 saturated carbocycles. The molecule has 2 rings (SSSR count). The van der Waals surface area contributed by atoms with Gasteiger partial charge in [-0.2, -0.15) is 13.2 Å². The van der Waals surface area contributed by atoms with E-state index in [4.69, 9.17) is 10.5 Å². The highest BCUT2D eigenvalue weighted by Crippen LogP contribution is 2.31. The first-order valence-corrected chi connectivity index (χ1v) is 7.74. The van der Waals surface area contributed by atoms with Gasteiger partial charge in [0.2, 0.25) is 0 Å². The maximum atomic E-state index is 12.6. The van der Waals surface area contributed by atoms with E-state index in [0.717, 1.165) is 6.07 Å². The molecule has 0 aliphatic carbocycles. The summed E-state index contributed by atoms with van der Waals surface area (Å²) in [4.78, 5) is 35.6. The summed E-state index contributed by atoms with van der Waals surface area (Å²) in [6, 6.07) is 8.15. The van der Waals surface area contributed by atoms with Crippen LogP contribution >= 0.6 is 0 Å². The number of carbonyl (C=O) groups excluding carboxylic acids is 3. The van der Waals surface area contributed by atoms with Gasteiger partial charge in [0.15, 0.2) is 6.61 Å². The zero-order valence-electron chi connectivity index (χ0n) is 14.5. The van der Waals surface area contributed by atoms with Crippen LogP contribution in [0.2, 0.25) is 0 Å². The Kier molecular flexibility index (Phi) is 6.24. The average Bonchev–Trinajstić information content (AvgIpc) is 2.65. The highest BCUT2D eigenvalue weighted by molar-refractivity contribution is 6.02. The zero-order chi connectivity index (χ0) is 20.9. The maximum Gasteiger partial charge on any atom is 0.416 e. The van der Waals surface area contributed by atoms with Crippen LogP contribution in [0.5, 0.6) is 0 Å². The first-order chi connectivity index (χ1) is 13.1. The fourth-order valence-electron chi connectivity index (χ4n) is 2.20. The van der Waals surface area contributed by atoms with Gasteiger partial charge in [0.05, 0.1) is 29.5 Å². The second kappa shape index (κ2) is 8.42. The topological polar surface area (TPSA) is 108 Å². The zero-order valence-corrected chi connectivity index (χ0v) is 14.5. The minimum atomic E-state index is -4.61. The average molecular weight is 396 g/mol. The largest absolute Gasteiger partial charge is 0.465 e. The highest BCUT2D eigenvalue weighted by atomic mass is 19.4. The van der Waals surface area contributed by atoms with Gasteiger partial charge in [0.1, 0.15) is 0 Å². The molecule has 148 valence electrons. The normalized spacial score (nSPS) is 10.9. The Morgan fingerprint density at radius 3 is 2.32 bits per heavy atom. The van der Waals surface area contributed by atoms with Crippen LogP contribution in [0.3, 0.4) is 0 Å². The lowest BCUT2D eigenvalue weighted by Gasteiger charge is -2.12. The van der Waals surface area contributed by atoms with Gasteiger partial charge in [-0.1, -0.05) is 12.1 Å². The van der Waals surface area contributed by atoms with E-state index in [1.807, 2.05) is 0 Å². The monoisotopic (exact) mass is 396 g/mol. The van der Waals surface area contributed by atoms with E-state index >= 15 is 0 Å². The second-order valence-corrected chi connectivity index (χ2v) is 5.46. The fraction of sp³-hybridized carbons (Fsp3) is 0.167. The second-order valence-electron chi connectivity index (χ2n) is 5.46. The van der Waals surface area contributed by atoms with Crippen molar-refractivity contribution in [1.82, 2.24) is 0 Å². The van der Waals surface area contributed by atoms with Gasteiger partial charge in [-0.3, -0.25) is 4.79 Å². The Morgan fingerprint density at radius 1 is 1.04 bits per heavy atom. The van der Waals surface area contributed by atoms with Crippen molar-refractivity contribution < 1.29 is 37.0 Å². The van der Waals surface area contributed by atoms with Gasteiger partial charge in [-0.25, -0.2) is 9.59 Å². The number of hydrogen-bond donors (Lipinski definition) is 2. The third-order valence-corrected chi connectivity index (χ3v) is 3.54. The van der Waals surface area contributed by atoms with E-state index in [0.29, 0.717) is 12.1 Å². The number of amides is 1. The predicted molar refractivity (Wildman–Crippen MR) is 92.6 cm³/mol. The summed E-state index contributed by atoms with van der Waals surface area (Å²) in [5.74, 6) is -2.51. The molecule has 0 radical (unpaired) electrons. The predicted octanol–water partition coefficient (Wildman–Crippen LogP) is 2.87. The number of anilines is 2. The SMILES string of the molecule is COC(=O)c1ccccc1NC(=O)COC(=O)c1ccc(C(F)(F)F)cc1N. The Hall–Kier alpha value is -3.56. The van der Waals surface area contributed by atoms with Crippen molar-refractivity contribution in [3.05, 3.63) is 59.2 Å². The van der Waals surface area contributed by atoms with Crippen LogP contribution in [0.15, 0.2) is 42.5 Å². The summed E-state index contributed by atoms with van der Waals surface area (Å²) in [5, 5.41) is 2.38. The summed E-state index contributed by atoms with van der Waals surface area (Å²) in [6.45, 7) is -0.741. The molecule has 2 aromatic rings. The summed E-state index contributed by atoms with van der Waals surface area (Å²) in [7, 11) is 1.18. The molecule has 0 aliphatic heterocycles. The molecule has 0 saturated heterocycles. The minimum absolute atomic E-state index is 0.0941. The lowest BCUT2D eigenvalue weighted by Crippen LogP contribution is -2.22. The number of methoxy groups -OCH3 is 1. The quantitative estimate of drug-likeness (QED) is 0.594. The molecule has 28 heavy (non-hydrogen) atoms. The number of para-hydroxylation sites is 1. The number of halogens is 3. The number of nitrogens with two attached hydrogens (primary N) is 1. The molecule has 0 atom stereocenters. The number of esters is 2. The first kappa shape index (κ1) is 20.7. The molecule has 0 aromatic heterocycles. The van der Waals surface area contributed by atoms with E-state index in [9.17, 15) is 27.6 Å². The molecule has 7 nitrogen and oxygen atoms in total. The van der Waals surface area contributed by atoms with Gasteiger partial charge in [-0.05, 0) is 30.3 Å². The van der Waals surface area contributed by atoms with Crippen molar-refractivity contribution in [1.29, 1.82) is 0 Å². The van der Waals surface area contributed by atoms with Crippen LogP contribution < -0.4 is 11.1 Å². The standard InChI is InChI=1S/C18H15F3N2O5/c1-27-16(25)12-4-2-3-5-14(12)23-15(24)9-28-17(26)11-7-6-10(8-13(11)22)18(19,20)21/h2-8H,9,22H2,1H3,(H,23,24). The van der Waals surface area contributed by atoms with Crippen LogP contribution in [0, 0.1) is 0 Å². The third-order valence-electron chi connectivity index (χ3n) is 3.54. The molecule has 2 aromatic carbocycles. The summed E-state index contributed by atoms with van der Waals surface area (Å²) in [6.07, 6.45) is -4.61. The van der Waals surface area contributed by atoms with Gasteiger partial charge >= 0.3 is 18.1 Å². The molecular formula is C18H15F3N2O5. The van der Waals surface area contributed by atoms with Crippen molar-refractivity contribution in [2.24, 2.45) is 0 Å². The van der Waals surface area contributed by atoms with E-state index < -0.39 is 41.9 Å². The molecule has 1 amide bonds. The van der Waals surface area contributed by atoms with E-state index in [2.05, 4.69) is 10.1 Å². The minimum Gasteiger partial charge on any atom is -0.465 e. The van der Waals surface area contributed by atoms with Crippen LogP contribution in [-0.4, -0.2) is 31.6 Å². The van der Waals surface area contributed by atoms with Gasteiger partial charge in [-0.15, -0.1) is 0 Å². The number of hydrogen-bond acceptors (Lipinski definition) is 6. The van der Waals surface area contributed by atoms with Crippen molar-refractivity contribution in [2.75, 3.05) is 24.8 Å². The van der Waals surface area contributed by atoms with Gasteiger partial charge < -0.3 is 20.5 Å². The van der Waals surface area contributed by atoms with Crippen LogP contribution in [-0.2, 0) is 20.4 Å². The fourth-order valence-corrected chi connectivity index (χ4v) is 2.20. The van der Waals surface area contributed by atoms with Gasteiger partial charge in [0.25, 0.3) is 5.91 Å². The number of alkyl halides is 3. The molecule has 0 spiro atoms. The third kappa shape index (κ3) is 5.00. The maximum absolute atomic E-state index is 12.6. The van der Waals surface area contributed by atoms with Crippen LogP contribution in [0.1, 0.15) is 26.3 Å². The molecule has 0 bridgehead atoms. The molecular weight excluding hydrogens is 381 g/mol. The molecule has 0 heterocycles. The van der Waals surface area contributed by atoms with Crippen LogP contribution in [0.25, 0.3) is 0 Å². The smallest absolute Gasteiger partial charge is 0.416 e. The van der Waals surface area contributed by atoms with Crippen molar-refractivity contribution in [3.63, 3.8) is 0 Å². The number of nitrogens with one attached hydrogen (secondary N) is 1. The molecule has 0 fully saturated rings. The molecule has 0 aliphatic rings. The Labute approximate surface area is 157 Å². The molecule has 0 unspecified atom stereocenters. The number of nitrogen functional groups attached to an aromatic ring is 1. The van der Waals surface area contributed by atoms with Crippen LogP contribution in [0.4, 0.5) is 24.5 Å². The Morgan fingerprint density at radius 2 is 1.71 bits per heavy atom. The Bertz CT molecular complexity index is 912. The summed E-state index contributed by atoms with van der Waals surface area (Å²) >= 11 is 0. The molecule has 10 heteroatoms. The van der Waals surface area contributed by atoms with E-state index in [1.54, 1.807) is 12.1 Å². The summed E-state index contributed by atoms with van der Waals surface area (Å²) in [5.41, 5.74) is 3.94. The molecule has 3 N–H and O–H groups in total. The summed E-state index contributed by atoms with van der Waals surface area (Å²) < 4.78 is 47.2. The lowest BCUT2D eigenvalue weighted by molar-refractivity contribution is -0.137. The number of rotatable bonds is 5.